The minimum Gasteiger partial charge on any atom is -0.349 e. The van der Waals surface area contributed by atoms with Gasteiger partial charge in [-0.05, 0) is 44.9 Å². The van der Waals surface area contributed by atoms with Gasteiger partial charge in [-0.25, -0.2) is 9.97 Å². The summed E-state index contributed by atoms with van der Waals surface area (Å²) in [5.41, 5.74) is 2.81. The van der Waals surface area contributed by atoms with E-state index in [1.807, 2.05) is 43.7 Å². The van der Waals surface area contributed by atoms with Crippen LogP contribution in [-0.4, -0.2) is 37.2 Å². The van der Waals surface area contributed by atoms with Crippen molar-refractivity contribution < 1.29 is 4.79 Å². The predicted octanol–water partition coefficient (Wildman–Crippen LogP) is 1.90. The largest absolute Gasteiger partial charge is 0.349 e. The predicted molar refractivity (Wildman–Crippen MR) is 87.3 cm³/mol. The second kappa shape index (κ2) is 6.20. The molecule has 0 atom stereocenters. The average molecular weight is 312 g/mol. The molecule has 7 heteroatoms. The fourth-order valence-electron chi connectivity index (χ4n) is 2.52. The Kier molecular flexibility index (Phi) is 4.10. The number of hydrogen-bond acceptors (Lipinski definition) is 4. The zero-order valence-electron chi connectivity index (χ0n) is 13.6. The topological polar surface area (TPSA) is 88.5 Å². The molecule has 1 aromatic carbocycles. The molecule has 0 aliphatic carbocycles. The Balaban J connectivity index is 1.55. The number of aromatic nitrogens is 5. The second-order valence-corrected chi connectivity index (χ2v) is 5.64. The Labute approximate surface area is 134 Å². The Bertz CT molecular complexity index is 847. The molecule has 0 fully saturated rings. The van der Waals surface area contributed by atoms with Gasteiger partial charge in [-0.3, -0.25) is 9.48 Å². The number of H-pyrrole nitrogens is 1. The first kappa shape index (κ1) is 15.2. The number of amides is 1. The number of imidazole rings is 1. The standard InChI is InChI=1S/C16H20N6O/c1-10-5-6-13-14(9-10)20-15(19-13)16(23)17-7-4-8-22-12(3)18-11(2)21-22/h5-6,9H,4,7-8H2,1-3H3,(H,17,23)(H,19,20). The van der Waals surface area contributed by atoms with Gasteiger partial charge in [0, 0.05) is 13.1 Å². The van der Waals surface area contributed by atoms with Crippen molar-refractivity contribution in [1.82, 2.24) is 30.0 Å². The lowest BCUT2D eigenvalue weighted by molar-refractivity contribution is 0.0943. The molecule has 3 aromatic rings. The van der Waals surface area contributed by atoms with Crippen molar-refractivity contribution in [1.29, 1.82) is 0 Å². The van der Waals surface area contributed by atoms with Crippen LogP contribution in [0.2, 0.25) is 0 Å². The van der Waals surface area contributed by atoms with E-state index in [1.54, 1.807) is 0 Å². The number of hydrogen-bond donors (Lipinski definition) is 2. The summed E-state index contributed by atoms with van der Waals surface area (Å²) >= 11 is 0. The van der Waals surface area contributed by atoms with Crippen molar-refractivity contribution in [3.05, 3.63) is 41.2 Å². The van der Waals surface area contributed by atoms with Gasteiger partial charge in [0.2, 0.25) is 0 Å². The lowest BCUT2D eigenvalue weighted by Crippen LogP contribution is -2.26. The molecular formula is C16H20N6O. The molecule has 0 aliphatic rings. The van der Waals surface area contributed by atoms with Crippen molar-refractivity contribution in [2.24, 2.45) is 0 Å². The maximum atomic E-state index is 12.1. The van der Waals surface area contributed by atoms with E-state index < -0.39 is 0 Å². The van der Waals surface area contributed by atoms with Gasteiger partial charge in [-0.15, -0.1) is 0 Å². The first-order valence-corrected chi connectivity index (χ1v) is 7.65. The molecule has 0 bridgehead atoms. The van der Waals surface area contributed by atoms with E-state index >= 15 is 0 Å². The molecule has 0 saturated carbocycles. The Morgan fingerprint density at radius 2 is 2.09 bits per heavy atom. The number of nitrogens with zero attached hydrogens (tertiary/aromatic N) is 4. The summed E-state index contributed by atoms with van der Waals surface area (Å²) in [6.45, 7) is 7.09. The molecule has 23 heavy (non-hydrogen) atoms. The maximum Gasteiger partial charge on any atom is 0.287 e. The number of carbonyl (C=O) groups excluding carboxylic acids is 1. The first-order chi connectivity index (χ1) is 11.0. The number of benzene rings is 1. The molecule has 3 rings (SSSR count). The third-order valence-corrected chi connectivity index (χ3v) is 3.65. The van der Waals surface area contributed by atoms with Crippen LogP contribution < -0.4 is 5.32 Å². The van der Waals surface area contributed by atoms with Crippen molar-refractivity contribution in [3.8, 4) is 0 Å². The Hall–Kier alpha value is -2.70. The number of carbonyl (C=O) groups is 1. The summed E-state index contributed by atoms with van der Waals surface area (Å²) in [6, 6.07) is 5.87. The van der Waals surface area contributed by atoms with Crippen molar-refractivity contribution in [2.75, 3.05) is 6.54 Å². The van der Waals surface area contributed by atoms with Crippen molar-refractivity contribution in [3.63, 3.8) is 0 Å². The fraction of sp³-hybridized carbons (Fsp3) is 0.375. The highest BCUT2D eigenvalue weighted by molar-refractivity contribution is 5.94. The third-order valence-electron chi connectivity index (χ3n) is 3.65. The van der Waals surface area contributed by atoms with Crippen LogP contribution in [-0.2, 0) is 6.54 Å². The molecule has 0 unspecified atom stereocenters. The first-order valence-electron chi connectivity index (χ1n) is 7.65. The molecule has 2 heterocycles. The molecule has 2 aromatic heterocycles. The minimum atomic E-state index is -0.189. The molecule has 0 aliphatic heterocycles. The number of aromatic amines is 1. The van der Waals surface area contributed by atoms with E-state index in [0.29, 0.717) is 12.4 Å². The normalized spacial score (nSPS) is 11.1. The number of aryl methyl sites for hydroxylation is 4. The molecule has 2 N–H and O–H groups in total. The molecule has 0 saturated heterocycles. The van der Waals surface area contributed by atoms with Gasteiger partial charge in [0.05, 0.1) is 11.0 Å². The third kappa shape index (κ3) is 3.39. The zero-order valence-corrected chi connectivity index (χ0v) is 13.6. The number of rotatable bonds is 5. The van der Waals surface area contributed by atoms with E-state index in [2.05, 4.69) is 25.4 Å². The molecule has 7 nitrogen and oxygen atoms in total. The fourth-order valence-corrected chi connectivity index (χ4v) is 2.52. The van der Waals surface area contributed by atoms with Crippen LogP contribution in [0.25, 0.3) is 11.0 Å². The summed E-state index contributed by atoms with van der Waals surface area (Å²) in [6.07, 6.45) is 0.786. The van der Waals surface area contributed by atoms with Crippen LogP contribution >= 0.6 is 0 Å². The van der Waals surface area contributed by atoms with Crippen LogP contribution in [0, 0.1) is 20.8 Å². The van der Waals surface area contributed by atoms with Crippen LogP contribution in [0.4, 0.5) is 0 Å². The summed E-state index contributed by atoms with van der Waals surface area (Å²) in [4.78, 5) is 23.8. The van der Waals surface area contributed by atoms with E-state index in [9.17, 15) is 4.79 Å². The molecular weight excluding hydrogens is 292 g/mol. The van der Waals surface area contributed by atoms with Gasteiger partial charge in [-0.2, -0.15) is 5.10 Å². The van der Waals surface area contributed by atoms with E-state index in [4.69, 9.17) is 0 Å². The van der Waals surface area contributed by atoms with Crippen LogP contribution in [0.1, 0.15) is 34.3 Å². The van der Waals surface area contributed by atoms with Gasteiger partial charge in [-0.1, -0.05) is 6.07 Å². The highest BCUT2D eigenvalue weighted by Gasteiger charge is 2.11. The summed E-state index contributed by atoms with van der Waals surface area (Å²) in [7, 11) is 0. The van der Waals surface area contributed by atoms with Crippen LogP contribution in [0.5, 0.6) is 0 Å². The summed E-state index contributed by atoms with van der Waals surface area (Å²) in [5, 5.41) is 7.17. The van der Waals surface area contributed by atoms with Gasteiger partial charge in [0.1, 0.15) is 11.6 Å². The number of fused-ring (bicyclic) bond motifs is 1. The molecule has 120 valence electrons. The molecule has 0 radical (unpaired) electrons. The number of nitrogens with one attached hydrogen (secondary N) is 2. The van der Waals surface area contributed by atoms with Crippen LogP contribution in [0.15, 0.2) is 18.2 Å². The average Bonchev–Trinajstić information content (AvgIpc) is 3.06. The second-order valence-electron chi connectivity index (χ2n) is 5.64. The van der Waals surface area contributed by atoms with Crippen molar-refractivity contribution in [2.45, 2.75) is 33.7 Å². The van der Waals surface area contributed by atoms with E-state index in [1.165, 1.54) is 0 Å². The van der Waals surface area contributed by atoms with Crippen LogP contribution in [0.3, 0.4) is 0 Å². The Morgan fingerprint density at radius 3 is 2.83 bits per heavy atom. The molecule has 0 spiro atoms. The summed E-state index contributed by atoms with van der Waals surface area (Å²) in [5.74, 6) is 1.81. The van der Waals surface area contributed by atoms with Gasteiger partial charge in [0.15, 0.2) is 5.82 Å². The van der Waals surface area contributed by atoms with Gasteiger partial charge < -0.3 is 10.3 Å². The summed E-state index contributed by atoms with van der Waals surface area (Å²) < 4.78 is 1.85. The lowest BCUT2D eigenvalue weighted by atomic mass is 10.2. The van der Waals surface area contributed by atoms with E-state index in [0.717, 1.165) is 41.2 Å². The van der Waals surface area contributed by atoms with E-state index in [-0.39, 0.29) is 5.91 Å². The minimum absolute atomic E-state index is 0.189. The highest BCUT2D eigenvalue weighted by atomic mass is 16.2. The maximum absolute atomic E-state index is 12.1. The van der Waals surface area contributed by atoms with Gasteiger partial charge in [0.25, 0.3) is 5.91 Å². The smallest absolute Gasteiger partial charge is 0.287 e. The van der Waals surface area contributed by atoms with Gasteiger partial charge >= 0.3 is 0 Å². The quantitative estimate of drug-likeness (QED) is 0.704. The Morgan fingerprint density at radius 1 is 1.26 bits per heavy atom. The monoisotopic (exact) mass is 312 g/mol. The van der Waals surface area contributed by atoms with Crippen molar-refractivity contribution >= 4 is 16.9 Å². The SMILES string of the molecule is Cc1ccc2nc(C(=O)NCCCn3nc(C)nc3C)[nH]c2c1. The zero-order chi connectivity index (χ0) is 16.4. The highest BCUT2D eigenvalue weighted by Crippen LogP contribution is 2.13. The lowest BCUT2D eigenvalue weighted by Gasteiger charge is -2.04. The molecule has 1 amide bonds.